The number of ether oxygens (including phenoxy) is 2. The summed E-state index contributed by atoms with van der Waals surface area (Å²) in [5, 5.41) is 5.10. The number of benzene rings is 3. The number of amides is 1. The van der Waals surface area contributed by atoms with E-state index in [0.29, 0.717) is 18.9 Å². The van der Waals surface area contributed by atoms with Gasteiger partial charge in [-0.3, -0.25) is 4.79 Å². The lowest BCUT2D eigenvalue weighted by atomic mass is 10.1. The lowest BCUT2D eigenvalue weighted by molar-refractivity contribution is -0.123. The SMILES string of the molecule is Cc1cccc(OCC(=O)NCCOc2ccc3ccccc3c2)c1. The van der Waals surface area contributed by atoms with Gasteiger partial charge in [0.2, 0.25) is 0 Å². The van der Waals surface area contributed by atoms with Crippen molar-refractivity contribution >= 4 is 16.7 Å². The molecule has 1 amide bonds. The number of fused-ring (bicyclic) bond motifs is 1. The summed E-state index contributed by atoms with van der Waals surface area (Å²) in [5.41, 5.74) is 1.10. The zero-order valence-corrected chi connectivity index (χ0v) is 14.2. The summed E-state index contributed by atoms with van der Waals surface area (Å²) in [6.45, 7) is 2.83. The summed E-state index contributed by atoms with van der Waals surface area (Å²) < 4.78 is 11.1. The van der Waals surface area contributed by atoms with E-state index in [-0.39, 0.29) is 12.5 Å². The molecule has 1 N–H and O–H groups in total. The van der Waals surface area contributed by atoms with Crippen molar-refractivity contribution in [2.24, 2.45) is 0 Å². The standard InChI is InChI=1S/C21H21NO3/c1-16-5-4-8-19(13-16)25-15-21(23)22-11-12-24-20-10-9-17-6-2-3-7-18(17)14-20/h2-10,13-14H,11-12,15H2,1H3,(H,22,23). The first-order valence-electron chi connectivity index (χ1n) is 8.28. The van der Waals surface area contributed by atoms with Gasteiger partial charge in [-0.2, -0.15) is 0 Å². The van der Waals surface area contributed by atoms with Crippen molar-refractivity contribution in [3.8, 4) is 11.5 Å². The van der Waals surface area contributed by atoms with Gasteiger partial charge in [0.25, 0.3) is 5.91 Å². The van der Waals surface area contributed by atoms with Crippen LogP contribution >= 0.6 is 0 Å². The molecule has 0 aliphatic heterocycles. The zero-order chi connectivity index (χ0) is 17.5. The number of hydrogen-bond acceptors (Lipinski definition) is 3. The van der Waals surface area contributed by atoms with Crippen molar-refractivity contribution < 1.29 is 14.3 Å². The monoisotopic (exact) mass is 335 g/mol. The molecule has 3 aromatic rings. The van der Waals surface area contributed by atoms with Crippen LogP contribution in [0.15, 0.2) is 66.7 Å². The van der Waals surface area contributed by atoms with Crippen LogP contribution in [0.1, 0.15) is 5.56 Å². The molecule has 0 unspecified atom stereocenters. The highest BCUT2D eigenvalue weighted by Gasteiger charge is 2.03. The van der Waals surface area contributed by atoms with Gasteiger partial charge in [0.05, 0.1) is 6.54 Å². The van der Waals surface area contributed by atoms with Gasteiger partial charge >= 0.3 is 0 Å². The van der Waals surface area contributed by atoms with Crippen LogP contribution in [0.5, 0.6) is 11.5 Å². The van der Waals surface area contributed by atoms with Gasteiger partial charge in [-0.15, -0.1) is 0 Å². The Hall–Kier alpha value is -3.01. The van der Waals surface area contributed by atoms with Gasteiger partial charge in [-0.25, -0.2) is 0 Å². The first-order chi connectivity index (χ1) is 12.2. The van der Waals surface area contributed by atoms with Gasteiger partial charge in [0, 0.05) is 0 Å². The molecule has 0 aliphatic rings. The minimum atomic E-state index is -0.163. The summed E-state index contributed by atoms with van der Waals surface area (Å²) in [5.74, 6) is 1.33. The molecule has 128 valence electrons. The minimum Gasteiger partial charge on any atom is -0.492 e. The first-order valence-corrected chi connectivity index (χ1v) is 8.28. The summed E-state index contributed by atoms with van der Waals surface area (Å²) in [7, 11) is 0. The third kappa shape index (κ3) is 4.98. The van der Waals surface area contributed by atoms with E-state index in [9.17, 15) is 4.79 Å². The maximum Gasteiger partial charge on any atom is 0.258 e. The number of aryl methyl sites for hydroxylation is 1. The van der Waals surface area contributed by atoms with Crippen molar-refractivity contribution in [2.45, 2.75) is 6.92 Å². The molecule has 25 heavy (non-hydrogen) atoms. The summed E-state index contributed by atoms with van der Waals surface area (Å²) >= 11 is 0. The smallest absolute Gasteiger partial charge is 0.258 e. The Labute approximate surface area is 147 Å². The van der Waals surface area contributed by atoms with E-state index in [1.807, 2.05) is 67.6 Å². The lowest BCUT2D eigenvalue weighted by Crippen LogP contribution is -2.32. The van der Waals surface area contributed by atoms with Crippen LogP contribution < -0.4 is 14.8 Å². The van der Waals surface area contributed by atoms with Crippen LogP contribution in [0.2, 0.25) is 0 Å². The number of rotatable bonds is 7. The Bertz CT molecular complexity index is 860. The second-order valence-electron chi connectivity index (χ2n) is 5.81. The molecule has 0 heterocycles. The molecule has 0 radical (unpaired) electrons. The van der Waals surface area contributed by atoms with Gasteiger partial charge in [0.1, 0.15) is 18.1 Å². The van der Waals surface area contributed by atoms with Gasteiger partial charge < -0.3 is 14.8 Å². The topological polar surface area (TPSA) is 47.6 Å². The molecule has 0 atom stereocenters. The highest BCUT2D eigenvalue weighted by atomic mass is 16.5. The molecule has 0 bridgehead atoms. The highest BCUT2D eigenvalue weighted by Crippen LogP contribution is 2.20. The Morgan fingerprint density at radius 1 is 0.880 bits per heavy atom. The van der Waals surface area contributed by atoms with Gasteiger partial charge in [-0.1, -0.05) is 42.5 Å². The summed E-state index contributed by atoms with van der Waals surface area (Å²) in [4.78, 5) is 11.8. The fourth-order valence-electron chi connectivity index (χ4n) is 2.52. The van der Waals surface area contributed by atoms with Crippen molar-refractivity contribution in [3.05, 3.63) is 72.3 Å². The van der Waals surface area contributed by atoms with Crippen LogP contribution in [0.25, 0.3) is 10.8 Å². The molecule has 0 saturated heterocycles. The Morgan fingerprint density at radius 3 is 2.52 bits per heavy atom. The van der Waals surface area contributed by atoms with Crippen LogP contribution in [-0.2, 0) is 4.79 Å². The lowest BCUT2D eigenvalue weighted by Gasteiger charge is -2.10. The fraction of sp³-hybridized carbons (Fsp3) is 0.190. The van der Waals surface area contributed by atoms with Crippen LogP contribution in [0, 0.1) is 6.92 Å². The fourth-order valence-corrected chi connectivity index (χ4v) is 2.52. The van der Waals surface area contributed by atoms with Gasteiger partial charge in [0.15, 0.2) is 6.61 Å². The molecule has 4 nitrogen and oxygen atoms in total. The van der Waals surface area contributed by atoms with Crippen LogP contribution in [0.4, 0.5) is 0 Å². The van der Waals surface area contributed by atoms with Crippen molar-refractivity contribution in [2.75, 3.05) is 19.8 Å². The van der Waals surface area contributed by atoms with E-state index in [1.54, 1.807) is 0 Å². The maximum atomic E-state index is 11.8. The third-order valence-corrected chi connectivity index (χ3v) is 3.77. The Balaban J connectivity index is 1.39. The highest BCUT2D eigenvalue weighted by molar-refractivity contribution is 5.83. The van der Waals surface area contributed by atoms with Crippen LogP contribution in [0.3, 0.4) is 0 Å². The quantitative estimate of drug-likeness (QED) is 0.669. The van der Waals surface area contributed by atoms with E-state index >= 15 is 0 Å². The molecule has 4 heteroatoms. The van der Waals surface area contributed by atoms with Crippen molar-refractivity contribution in [1.82, 2.24) is 5.32 Å². The number of nitrogens with one attached hydrogen (secondary N) is 1. The molecular formula is C21H21NO3. The van der Waals surface area contributed by atoms with E-state index in [2.05, 4.69) is 11.4 Å². The molecule has 0 saturated carbocycles. The largest absolute Gasteiger partial charge is 0.492 e. The minimum absolute atomic E-state index is 0.000568. The molecular weight excluding hydrogens is 314 g/mol. The number of carbonyl (C=O) groups is 1. The van der Waals surface area contributed by atoms with Crippen LogP contribution in [-0.4, -0.2) is 25.7 Å². The second-order valence-corrected chi connectivity index (χ2v) is 5.81. The average Bonchev–Trinajstić information content (AvgIpc) is 2.63. The van der Waals surface area contributed by atoms with Crippen molar-refractivity contribution in [1.29, 1.82) is 0 Å². The average molecular weight is 335 g/mol. The summed E-state index contributed by atoms with van der Waals surface area (Å²) in [6.07, 6.45) is 0. The second kappa shape index (κ2) is 8.20. The Morgan fingerprint density at radius 2 is 1.68 bits per heavy atom. The van der Waals surface area contributed by atoms with E-state index in [0.717, 1.165) is 16.7 Å². The molecule has 3 aromatic carbocycles. The molecule has 0 spiro atoms. The van der Waals surface area contributed by atoms with E-state index in [4.69, 9.17) is 9.47 Å². The van der Waals surface area contributed by atoms with E-state index < -0.39 is 0 Å². The molecule has 0 aliphatic carbocycles. The van der Waals surface area contributed by atoms with Gasteiger partial charge in [-0.05, 0) is 47.5 Å². The molecule has 0 aromatic heterocycles. The normalized spacial score (nSPS) is 10.4. The Kier molecular flexibility index (Phi) is 5.52. The molecule has 0 fully saturated rings. The zero-order valence-electron chi connectivity index (χ0n) is 14.2. The summed E-state index contributed by atoms with van der Waals surface area (Å²) in [6, 6.07) is 21.7. The predicted octanol–water partition coefficient (Wildman–Crippen LogP) is 3.72. The van der Waals surface area contributed by atoms with Crippen molar-refractivity contribution in [3.63, 3.8) is 0 Å². The van der Waals surface area contributed by atoms with E-state index in [1.165, 1.54) is 5.39 Å². The number of hydrogen-bond donors (Lipinski definition) is 1. The third-order valence-electron chi connectivity index (χ3n) is 3.77. The predicted molar refractivity (Wildman–Crippen MR) is 99.1 cm³/mol. The molecule has 3 rings (SSSR count). The first kappa shape index (κ1) is 16.8. The number of carbonyl (C=O) groups excluding carboxylic acids is 1. The maximum absolute atomic E-state index is 11.8.